The van der Waals surface area contributed by atoms with Crippen molar-refractivity contribution in [2.75, 3.05) is 13.2 Å². The maximum absolute atomic E-state index is 12.4. The average molecular weight is 377 g/mol. The number of carbonyl (C=O) groups is 1. The van der Waals surface area contributed by atoms with Crippen LogP contribution in [0.3, 0.4) is 0 Å². The van der Waals surface area contributed by atoms with Crippen LogP contribution in [0.2, 0.25) is 0 Å². The smallest absolute Gasteiger partial charge is 0.224 e. The van der Waals surface area contributed by atoms with Crippen molar-refractivity contribution in [3.8, 4) is 5.75 Å². The normalized spacial score (nSPS) is 10.8. The standard InChI is InChI=1S/C24H28N2O2/c1-17-10-12-20(13-11-17)28-15-7-6-14-25-24(27)16-22-18(2)21-8-4-5-9-23(21)26-19(22)3/h4-5,8-13H,6-7,14-16H2,1-3H3,(H,25,27). The Morgan fingerprint density at radius 2 is 1.75 bits per heavy atom. The lowest BCUT2D eigenvalue weighted by Crippen LogP contribution is -2.27. The number of hydrogen-bond donors (Lipinski definition) is 1. The molecule has 28 heavy (non-hydrogen) atoms. The minimum Gasteiger partial charge on any atom is -0.494 e. The Bertz CT molecular complexity index is 949. The van der Waals surface area contributed by atoms with E-state index in [1.54, 1.807) is 0 Å². The van der Waals surface area contributed by atoms with Crippen LogP contribution in [-0.2, 0) is 11.2 Å². The molecule has 3 rings (SSSR count). The second-order valence-electron chi connectivity index (χ2n) is 7.21. The Morgan fingerprint density at radius 1 is 1.00 bits per heavy atom. The molecule has 1 amide bonds. The van der Waals surface area contributed by atoms with Crippen LogP contribution in [-0.4, -0.2) is 24.0 Å². The molecule has 1 N–H and O–H groups in total. The molecule has 0 spiro atoms. The highest BCUT2D eigenvalue weighted by molar-refractivity contribution is 5.86. The average Bonchev–Trinajstić information content (AvgIpc) is 2.69. The minimum absolute atomic E-state index is 0.0442. The summed E-state index contributed by atoms with van der Waals surface area (Å²) in [6.07, 6.45) is 2.17. The second kappa shape index (κ2) is 9.36. The number of fused-ring (bicyclic) bond motifs is 1. The van der Waals surface area contributed by atoms with Gasteiger partial charge in [0.1, 0.15) is 5.75 Å². The fourth-order valence-electron chi connectivity index (χ4n) is 3.33. The Hall–Kier alpha value is -2.88. The molecule has 4 nitrogen and oxygen atoms in total. The van der Waals surface area contributed by atoms with Crippen molar-refractivity contribution in [3.05, 3.63) is 70.9 Å². The predicted molar refractivity (Wildman–Crippen MR) is 114 cm³/mol. The third kappa shape index (κ3) is 5.10. The molecule has 0 atom stereocenters. The van der Waals surface area contributed by atoms with Crippen molar-refractivity contribution in [1.29, 1.82) is 0 Å². The molecule has 0 aliphatic heterocycles. The van der Waals surface area contributed by atoms with E-state index in [1.807, 2.05) is 49.4 Å². The Kier molecular flexibility index (Phi) is 6.64. The number of nitrogens with one attached hydrogen (secondary N) is 1. The Morgan fingerprint density at radius 3 is 2.54 bits per heavy atom. The van der Waals surface area contributed by atoms with Crippen LogP contribution in [0.4, 0.5) is 0 Å². The number of carbonyl (C=O) groups excluding carboxylic acids is 1. The van der Waals surface area contributed by atoms with E-state index >= 15 is 0 Å². The first-order valence-corrected chi connectivity index (χ1v) is 9.85. The van der Waals surface area contributed by atoms with Gasteiger partial charge in [-0.15, -0.1) is 0 Å². The first kappa shape index (κ1) is 19.9. The quantitative estimate of drug-likeness (QED) is 0.581. The van der Waals surface area contributed by atoms with Crippen molar-refractivity contribution in [1.82, 2.24) is 10.3 Å². The maximum Gasteiger partial charge on any atom is 0.224 e. The summed E-state index contributed by atoms with van der Waals surface area (Å²) in [5, 5.41) is 4.13. The first-order chi connectivity index (χ1) is 13.5. The van der Waals surface area contributed by atoms with Crippen LogP contribution >= 0.6 is 0 Å². The summed E-state index contributed by atoms with van der Waals surface area (Å²) in [6, 6.07) is 16.1. The molecule has 0 unspecified atom stereocenters. The second-order valence-corrected chi connectivity index (χ2v) is 7.21. The van der Waals surface area contributed by atoms with Crippen LogP contribution < -0.4 is 10.1 Å². The summed E-state index contributed by atoms with van der Waals surface area (Å²) in [5.74, 6) is 0.937. The lowest BCUT2D eigenvalue weighted by atomic mass is 9.99. The van der Waals surface area contributed by atoms with Gasteiger partial charge in [-0.2, -0.15) is 0 Å². The Labute approximate surface area is 166 Å². The van der Waals surface area contributed by atoms with Gasteiger partial charge in [0.25, 0.3) is 0 Å². The molecule has 0 saturated heterocycles. The molecule has 2 aromatic carbocycles. The molecule has 146 valence electrons. The highest BCUT2D eigenvalue weighted by atomic mass is 16.5. The van der Waals surface area contributed by atoms with Gasteiger partial charge in [-0.05, 0) is 62.9 Å². The fraction of sp³-hybridized carbons (Fsp3) is 0.333. The number of para-hydroxylation sites is 1. The molecule has 0 saturated carbocycles. The molecule has 0 fully saturated rings. The maximum atomic E-state index is 12.4. The van der Waals surface area contributed by atoms with Crippen molar-refractivity contribution in [3.63, 3.8) is 0 Å². The number of unbranched alkanes of at least 4 members (excludes halogenated alkanes) is 1. The van der Waals surface area contributed by atoms with E-state index in [0.717, 1.165) is 46.3 Å². The van der Waals surface area contributed by atoms with Crippen molar-refractivity contribution in [2.24, 2.45) is 0 Å². The van der Waals surface area contributed by atoms with Crippen molar-refractivity contribution < 1.29 is 9.53 Å². The number of aromatic nitrogens is 1. The van der Waals surface area contributed by atoms with E-state index in [1.165, 1.54) is 5.56 Å². The van der Waals surface area contributed by atoms with E-state index in [2.05, 4.69) is 30.2 Å². The SMILES string of the molecule is Cc1ccc(OCCCCNC(=O)Cc2c(C)nc3ccccc3c2C)cc1. The van der Waals surface area contributed by atoms with E-state index in [4.69, 9.17) is 4.74 Å². The summed E-state index contributed by atoms with van der Waals surface area (Å²) in [6.45, 7) is 7.43. The van der Waals surface area contributed by atoms with Crippen LogP contribution in [0.15, 0.2) is 48.5 Å². The van der Waals surface area contributed by atoms with Gasteiger partial charge in [-0.3, -0.25) is 9.78 Å². The monoisotopic (exact) mass is 376 g/mol. The summed E-state index contributed by atoms with van der Waals surface area (Å²) < 4.78 is 5.72. The third-order valence-corrected chi connectivity index (χ3v) is 5.01. The summed E-state index contributed by atoms with van der Waals surface area (Å²) in [4.78, 5) is 17.0. The zero-order valence-electron chi connectivity index (χ0n) is 16.9. The highest BCUT2D eigenvalue weighted by Gasteiger charge is 2.12. The zero-order chi connectivity index (χ0) is 19.9. The predicted octanol–water partition coefficient (Wildman–Crippen LogP) is 4.68. The van der Waals surface area contributed by atoms with E-state index in [-0.39, 0.29) is 5.91 Å². The summed E-state index contributed by atoms with van der Waals surface area (Å²) >= 11 is 0. The van der Waals surface area contributed by atoms with E-state index in [0.29, 0.717) is 19.6 Å². The zero-order valence-corrected chi connectivity index (χ0v) is 16.9. The number of rotatable bonds is 8. The van der Waals surface area contributed by atoms with Crippen LogP contribution in [0, 0.1) is 20.8 Å². The summed E-state index contributed by atoms with van der Waals surface area (Å²) in [7, 11) is 0. The molecular weight excluding hydrogens is 348 g/mol. The van der Waals surface area contributed by atoms with E-state index in [9.17, 15) is 4.79 Å². The molecule has 4 heteroatoms. The van der Waals surface area contributed by atoms with Crippen LogP contribution in [0.25, 0.3) is 10.9 Å². The lowest BCUT2D eigenvalue weighted by Gasteiger charge is -2.13. The number of benzene rings is 2. The van der Waals surface area contributed by atoms with E-state index < -0.39 is 0 Å². The minimum atomic E-state index is 0.0442. The van der Waals surface area contributed by atoms with Crippen molar-refractivity contribution >= 4 is 16.8 Å². The number of pyridine rings is 1. The lowest BCUT2D eigenvalue weighted by molar-refractivity contribution is -0.120. The molecule has 1 heterocycles. The number of hydrogen-bond acceptors (Lipinski definition) is 3. The van der Waals surface area contributed by atoms with Gasteiger partial charge in [-0.1, -0.05) is 35.9 Å². The molecule has 0 aliphatic rings. The number of nitrogens with zero attached hydrogens (tertiary/aromatic N) is 1. The van der Waals surface area contributed by atoms with Gasteiger partial charge < -0.3 is 10.1 Å². The number of ether oxygens (including phenoxy) is 1. The molecular formula is C24H28N2O2. The van der Waals surface area contributed by atoms with Gasteiger partial charge in [0.05, 0.1) is 18.5 Å². The molecule has 0 radical (unpaired) electrons. The highest BCUT2D eigenvalue weighted by Crippen LogP contribution is 2.22. The number of amides is 1. The van der Waals surface area contributed by atoms with Gasteiger partial charge in [0.2, 0.25) is 5.91 Å². The van der Waals surface area contributed by atoms with Crippen LogP contribution in [0.5, 0.6) is 5.75 Å². The molecule has 3 aromatic rings. The van der Waals surface area contributed by atoms with Crippen LogP contribution in [0.1, 0.15) is 35.2 Å². The van der Waals surface area contributed by atoms with Crippen molar-refractivity contribution in [2.45, 2.75) is 40.0 Å². The van der Waals surface area contributed by atoms with Gasteiger partial charge >= 0.3 is 0 Å². The van der Waals surface area contributed by atoms with Gasteiger partial charge in [0, 0.05) is 17.6 Å². The molecule has 0 aliphatic carbocycles. The third-order valence-electron chi connectivity index (χ3n) is 5.01. The van der Waals surface area contributed by atoms with Gasteiger partial charge in [0.15, 0.2) is 0 Å². The largest absolute Gasteiger partial charge is 0.494 e. The topological polar surface area (TPSA) is 51.2 Å². The van der Waals surface area contributed by atoms with Gasteiger partial charge in [-0.25, -0.2) is 0 Å². The number of aryl methyl sites for hydroxylation is 3. The summed E-state index contributed by atoms with van der Waals surface area (Å²) in [5.41, 5.74) is 5.30. The Balaban J connectivity index is 1.43. The first-order valence-electron chi connectivity index (χ1n) is 9.85. The fourth-order valence-corrected chi connectivity index (χ4v) is 3.33. The molecule has 1 aromatic heterocycles. The molecule has 0 bridgehead atoms.